The van der Waals surface area contributed by atoms with Crippen LogP contribution in [-0.4, -0.2) is 12.6 Å². The van der Waals surface area contributed by atoms with Crippen LogP contribution < -0.4 is 5.32 Å². The van der Waals surface area contributed by atoms with Crippen molar-refractivity contribution < 1.29 is 0 Å². The standard InChI is InChI=1S/C20H33N/c1-4-14-21-20(15-18-8-6-16(3)7-9-18)19-12-10-17(5-2)11-13-19/h6-9,17,19-21H,4-5,10-15H2,1-3H3. The van der Waals surface area contributed by atoms with Gasteiger partial charge in [0, 0.05) is 6.04 Å². The Hall–Kier alpha value is -0.820. The largest absolute Gasteiger partial charge is 0.313 e. The van der Waals surface area contributed by atoms with Crippen LogP contribution in [0.5, 0.6) is 0 Å². The molecule has 118 valence electrons. The van der Waals surface area contributed by atoms with Crippen molar-refractivity contribution in [2.75, 3.05) is 6.54 Å². The van der Waals surface area contributed by atoms with E-state index in [0.29, 0.717) is 6.04 Å². The van der Waals surface area contributed by atoms with Gasteiger partial charge in [0.25, 0.3) is 0 Å². The quantitative estimate of drug-likeness (QED) is 0.733. The lowest BCUT2D eigenvalue weighted by molar-refractivity contribution is 0.216. The summed E-state index contributed by atoms with van der Waals surface area (Å²) in [5.74, 6) is 1.87. The minimum atomic E-state index is 0.672. The molecule has 0 radical (unpaired) electrons. The highest BCUT2D eigenvalue weighted by Gasteiger charge is 2.26. The third-order valence-corrected chi connectivity index (χ3v) is 5.27. The molecule has 0 heterocycles. The van der Waals surface area contributed by atoms with Crippen molar-refractivity contribution in [2.45, 2.75) is 71.8 Å². The molecular weight excluding hydrogens is 254 g/mol. The summed E-state index contributed by atoms with van der Waals surface area (Å²) in [5.41, 5.74) is 2.85. The van der Waals surface area contributed by atoms with Crippen molar-refractivity contribution in [3.8, 4) is 0 Å². The predicted octanol–water partition coefficient (Wildman–Crippen LogP) is 5.12. The van der Waals surface area contributed by atoms with Gasteiger partial charge in [-0.1, -0.05) is 62.9 Å². The van der Waals surface area contributed by atoms with E-state index in [4.69, 9.17) is 0 Å². The first-order valence-corrected chi connectivity index (χ1v) is 9.01. The number of benzene rings is 1. The molecule has 1 aromatic rings. The summed E-state index contributed by atoms with van der Waals surface area (Å²) in [5, 5.41) is 3.84. The molecule has 2 rings (SSSR count). The summed E-state index contributed by atoms with van der Waals surface area (Å²) in [6.07, 6.45) is 9.53. The van der Waals surface area contributed by atoms with Gasteiger partial charge in [-0.15, -0.1) is 0 Å². The summed E-state index contributed by atoms with van der Waals surface area (Å²) in [6.45, 7) is 7.95. The van der Waals surface area contributed by atoms with Crippen LogP contribution >= 0.6 is 0 Å². The van der Waals surface area contributed by atoms with Crippen molar-refractivity contribution in [3.05, 3.63) is 35.4 Å². The summed E-state index contributed by atoms with van der Waals surface area (Å²) < 4.78 is 0. The summed E-state index contributed by atoms with van der Waals surface area (Å²) >= 11 is 0. The van der Waals surface area contributed by atoms with Crippen LogP contribution in [0.3, 0.4) is 0 Å². The molecule has 1 saturated carbocycles. The van der Waals surface area contributed by atoms with Gasteiger partial charge in [-0.05, 0) is 56.6 Å². The van der Waals surface area contributed by atoms with Crippen LogP contribution in [0.15, 0.2) is 24.3 Å². The Labute approximate surface area is 131 Å². The lowest BCUT2D eigenvalue weighted by atomic mass is 9.76. The van der Waals surface area contributed by atoms with Crippen LogP contribution in [0.25, 0.3) is 0 Å². The topological polar surface area (TPSA) is 12.0 Å². The average Bonchev–Trinajstić information content (AvgIpc) is 2.53. The SMILES string of the molecule is CCCNC(Cc1ccc(C)cc1)C1CCC(CC)CC1. The highest BCUT2D eigenvalue weighted by atomic mass is 14.9. The van der Waals surface area contributed by atoms with E-state index in [1.807, 2.05) is 0 Å². The van der Waals surface area contributed by atoms with Crippen molar-refractivity contribution >= 4 is 0 Å². The first-order chi connectivity index (χ1) is 10.2. The summed E-state index contributed by atoms with van der Waals surface area (Å²) in [4.78, 5) is 0. The molecule has 1 atom stereocenters. The molecule has 1 unspecified atom stereocenters. The van der Waals surface area contributed by atoms with E-state index in [9.17, 15) is 0 Å². The van der Waals surface area contributed by atoms with E-state index in [0.717, 1.165) is 18.4 Å². The van der Waals surface area contributed by atoms with Crippen LogP contribution in [-0.2, 0) is 6.42 Å². The van der Waals surface area contributed by atoms with Gasteiger partial charge >= 0.3 is 0 Å². The molecule has 1 aliphatic rings. The van der Waals surface area contributed by atoms with E-state index in [1.165, 1.54) is 56.1 Å². The van der Waals surface area contributed by atoms with Crippen LogP contribution in [0, 0.1) is 18.8 Å². The van der Waals surface area contributed by atoms with Gasteiger partial charge in [0.1, 0.15) is 0 Å². The zero-order chi connectivity index (χ0) is 15.1. The third kappa shape index (κ3) is 5.14. The van der Waals surface area contributed by atoms with E-state index >= 15 is 0 Å². The second kappa shape index (κ2) is 8.58. The minimum absolute atomic E-state index is 0.672. The Balaban J connectivity index is 1.95. The highest BCUT2D eigenvalue weighted by molar-refractivity contribution is 5.22. The van der Waals surface area contributed by atoms with Gasteiger partial charge in [0.2, 0.25) is 0 Å². The molecule has 0 bridgehead atoms. The minimum Gasteiger partial charge on any atom is -0.313 e. The maximum absolute atomic E-state index is 3.84. The molecule has 1 fully saturated rings. The number of aryl methyl sites for hydroxylation is 1. The van der Waals surface area contributed by atoms with Gasteiger partial charge in [0.15, 0.2) is 0 Å². The van der Waals surface area contributed by atoms with E-state index in [1.54, 1.807) is 0 Å². The van der Waals surface area contributed by atoms with Crippen molar-refractivity contribution in [1.29, 1.82) is 0 Å². The van der Waals surface area contributed by atoms with Crippen molar-refractivity contribution in [1.82, 2.24) is 5.32 Å². The van der Waals surface area contributed by atoms with Crippen LogP contribution in [0.2, 0.25) is 0 Å². The Bertz CT molecular complexity index is 387. The monoisotopic (exact) mass is 287 g/mol. The molecule has 0 saturated heterocycles. The van der Waals surface area contributed by atoms with Gasteiger partial charge in [-0.2, -0.15) is 0 Å². The fourth-order valence-electron chi connectivity index (χ4n) is 3.71. The fourth-order valence-corrected chi connectivity index (χ4v) is 3.71. The lowest BCUT2D eigenvalue weighted by Gasteiger charge is -2.34. The molecule has 1 N–H and O–H groups in total. The second-order valence-electron chi connectivity index (χ2n) is 6.94. The number of rotatable bonds is 7. The Kier molecular flexibility index (Phi) is 6.76. The molecule has 0 amide bonds. The van der Waals surface area contributed by atoms with Gasteiger partial charge < -0.3 is 5.32 Å². The van der Waals surface area contributed by atoms with E-state index < -0.39 is 0 Å². The first-order valence-electron chi connectivity index (χ1n) is 9.01. The Morgan fingerprint density at radius 1 is 1.05 bits per heavy atom. The fraction of sp³-hybridized carbons (Fsp3) is 0.700. The van der Waals surface area contributed by atoms with Crippen LogP contribution in [0.1, 0.15) is 63.5 Å². The van der Waals surface area contributed by atoms with Gasteiger partial charge in [0.05, 0.1) is 0 Å². The summed E-state index contributed by atoms with van der Waals surface area (Å²) in [6, 6.07) is 9.80. The zero-order valence-electron chi connectivity index (χ0n) is 14.2. The van der Waals surface area contributed by atoms with Gasteiger partial charge in [-0.3, -0.25) is 0 Å². The molecular formula is C20H33N. The number of hydrogen-bond donors (Lipinski definition) is 1. The molecule has 1 aromatic carbocycles. The molecule has 0 aliphatic heterocycles. The van der Waals surface area contributed by atoms with E-state index in [-0.39, 0.29) is 0 Å². The normalized spacial score (nSPS) is 24.0. The second-order valence-corrected chi connectivity index (χ2v) is 6.94. The molecule has 1 nitrogen and oxygen atoms in total. The smallest absolute Gasteiger partial charge is 0.0136 e. The number of hydrogen-bond acceptors (Lipinski definition) is 1. The molecule has 1 aliphatic carbocycles. The summed E-state index contributed by atoms with van der Waals surface area (Å²) in [7, 11) is 0. The van der Waals surface area contributed by atoms with Gasteiger partial charge in [-0.25, -0.2) is 0 Å². The zero-order valence-corrected chi connectivity index (χ0v) is 14.2. The average molecular weight is 287 g/mol. The van der Waals surface area contributed by atoms with E-state index in [2.05, 4.69) is 50.4 Å². The third-order valence-electron chi connectivity index (χ3n) is 5.27. The maximum atomic E-state index is 3.84. The van der Waals surface area contributed by atoms with Crippen molar-refractivity contribution in [3.63, 3.8) is 0 Å². The predicted molar refractivity (Wildman–Crippen MR) is 92.7 cm³/mol. The Morgan fingerprint density at radius 3 is 2.29 bits per heavy atom. The lowest BCUT2D eigenvalue weighted by Crippen LogP contribution is -2.40. The van der Waals surface area contributed by atoms with Crippen molar-refractivity contribution in [2.24, 2.45) is 11.8 Å². The number of nitrogens with one attached hydrogen (secondary N) is 1. The van der Waals surface area contributed by atoms with Crippen LogP contribution in [0.4, 0.5) is 0 Å². The molecule has 1 heteroatoms. The maximum Gasteiger partial charge on any atom is 0.0136 e. The molecule has 0 aromatic heterocycles. The highest BCUT2D eigenvalue weighted by Crippen LogP contribution is 2.33. The molecule has 21 heavy (non-hydrogen) atoms. The first kappa shape index (κ1) is 16.5. The molecule has 0 spiro atoms. The Morgan fingerprint density at radius 2 is 1.71 bits per heavy atom.